The number of rotatable bonds is 6. The van der Waals surface area contributed by atoms with E-state index in [1.165, 1.54) is 18.2 Å². The Labute approximate surface area is 183 Å². The van der Waals surface area contributed by atoms with E-state index in [0.29, 0.717) is 17.9 Å². The molecule has 0 spiro atoms. The number of nitrogens with zero attached hydrogens (tertiary/aromatic N) is 3. The number of ketones is 1. The molecule has 0 N–H and O–H groups in total. The van der Waals surface area contributed by atoms with Gasteiger partial charge in [-0.2, -0.15) is 5.01 Å². The van der Waals surface area contributed by atoms with E-state index in [0.717, 1.165) is 11.1 Å². The van der Waals surface area contributed by atoms with Crippen LogP contribution in [0.4, 0.5) is 5.69 Å². The van der Waals surface area contributed by atoms with Crippen LogP contribution in [0.15, 0.2) is 66.7 Å². The molecule has 0 aromatic heterocycles. The maximum atomic E-state index is 13.4. The molecule has 0 saturated carbocycles. The van der Waals surface area contributed by atoms with Crippen LogP contribution in [-0.4, -0.2) is 45.0 Å². The molecule has 9 nitrogen and oxygen atoms in total. The van der Waals surface area contributed by atoms with Crippen LogP contribution in [0.25, 0.3) is 0 Å². The minimum absolute atomic E-state index is 0.283. The van der Waals surface area contributed by atoms with Crippen molar-refractivity contribution in [1.82, 2.24) is 10.0 Å². The van der Waals surface area contributed by atoms with Crippen molar-refractivity contribution in [2.45, 2.75) is 12.8 Å². The monoisotopic (exact) mass is 433 g/mol. The molecule has 3 amide bonds. The fourth-order valence-corrected chi connectivity index (χ4v) is 4.06. The van der Waals surface area contributed by atoms with E-state index in [2.05, 4.69) is 0 Å². The van der Waals surface area contributed by atoms with Gasteiger partial charge in [0.2, 0.25) is 0 Å². The fraction of sp³-hybridized carbons (Fsp3) is 0.217. The topological polar surface area (TPSA) is 118 Å². The number of benzene rings is 2. The van der Waals surface area contributed by atoms with E-state index in [-0.39, 0.29) is 11.1 Å². The highest BCUT2D eigenvalue weighted by Gasteiger charge is 2.51. The molecule has 1 fully saturated rings. The van der Waals surface area contributed by atoms with Gasteiger partial charge in [0.15, 0.2) is 5.78 Å². The number of nitro benzene ring substituents is 1. The smallest absolute Gasteiger partial charge is 0.282 e. The third-order valence-electron chi connectivity index (χ3n) is 5.68. The number of hydrogen-bond donors (Lipinski definition) is 0. The first-order valence-electron chi connectivity index (χ1n) is 10.1. The molecule has 0 bridgehead atoms. The van der Waals surface area contributed by atoms with Crippen molar-refractivity contribution in [3.63, 3.8) is 0 Å². The Hall–Kier alpha value is -4.14. The minimum Gasteiger partial charge on any atom is -0.292 e. The molecule has 4 rings (SSSR count). The first-order chi connectivity index (χ1) is 15.4. The van der Waals surface area contributed by atoms with Crippen molar-refractivity contribution in [3.8, 4) is 0 Å². The molecule has 2 atom stereocenters. The van der Waals surface area contributed by atoms with Crippen molar-refractivity contribution >= 4 is 29.2 Å². The maximum absolute atomic E-state index is 13.4. The number of hydrazine groups is 1. The Balaban J connectivity index is 1.75. The van der Waals surface area contributed by atoms with Gasteiger partial charge in [0.05, 0.1) is 16.8 Å². The van der Waals surface area contributed by atoms with Crippen LogP contribution >= 0.6 is 0 Å². The summed E-state index contributed by atoms with van der Waals surface area (Å²) in [7, 11) is 0. The normalized spacial score (nSPS) is 19.6. The van der Waals surface area contributed by atoms with E-state index >= 15 is 0 Å². The summed E-state index contributed by atoms with van der Waals surface area (Å²) < 4.78 is 0. The molecule has 1 saturated heterocycles. The molecule has 9 heteroatoms. The quantitative estimate of drug-likeness (QED) is 0.227. The fourth-order valence-electron chi connectivity index (χ4n) is 4.06. The van der Waals surface area contributed by atoms with Crippen LogP contribution in [0.5, 0.6) is 0 Å². The van der Waals surface area contributed by atoms with E-state index in [1.54, 1.807) is 42.5 Å². The van der Waals surface area contributed by atoms with Gasteiger partial charge in [-0.15, -0.1) is 0 Å². The summed E-state index contributed by atoms with van der Waals surface area (Å²) >= 11 is 0. The molecule has 0 unspecified atom stereocenters. The number of nitro groups is 1. The number of allylic oxidation sites excluding steroid dienone is 2. The standard InChI is InChI=1S/C23H19N3O6/c27-20(15-8-2-1-3-9-15)14-24(21(28)18-12-6-7-13-19(18)26(31)32)25-22(29)16-10-4-5-11-17(16)23(25)30/h1-9,12-13,16-17H,10-11,14H2/t16-,17-/m1/s1. The lowest BCUT2D eigenvalue weighted by Gasteiger charge is -2.30. The summed E-state index contributed by atoms with van der Waals surface area (Å²) in [5.74, 6) is -3.89. The number of carbonyl (C=O) groups excluding carboxylic acids is 4. The van der Waals surface area contributed by atoms with Crippen LogP contribution in [0.3, 0.4) is 0 Å². The number of para-hydroxylation sites is 1. The van der Waals surface area contributed by atoms with E-state index < -0.39 is 52.5 Å². The number of hydrogen-bond acceptors (Lipinski definition) is 6. The van der Waals surface area contributed by atoms with E-state index in [9.17, 15) is 29.3 Å². The first kappa shape index (κ1) is 21.1. The highest BCUT2D eigenvalue weighted by Crippen LogP contribution is 2.36. The van der Waals surface area contributed by atoms with Gasteiger partial charge in [0.25, 0.3) is 23.4 Å². The molecule has 1 aliphatic heterocycles. The predicted octanol–water partition coefficient (Wildman–Crippen LogP) is 2.79. The van der Waals surface area contributed by atoms with Crippen molar-refractivity contribution in [2.75, 3.05) is 6.54 Å². The van der Waals surface area contributed by atoms with Crippen LogP contribution in [-0.2, 0) is 9.59 Å². The maximum Gasteiger partial charge on any atom is 0.282 e. The number of Topliss-reactive ketones (excluding diaryl/α,β-unsaturated/α-hetero) is 1. The number of amides is 3. The van der Waals surface area contributed by atoms with E-state index in [1.807, 2.05) is 0 Å². The SMILES string of the molecule is O=C(CN(C(=O)c1ccccc1[N+](=O)[O-])N1C(=O)[C@@H]2CC=CC[C@H]2C1=O)c1ccccc1. The third kappa shape index (κ3) is 3.68. The van der Waals surface area contributed by atoms with Crippen LogP contribution in [0.2, 0.25) is 0 Å². The summed E-state index contributed by atoms with van der Waals surface area (Å²) in [6.07, 6.45) is 4.32. The number of fused-ring (bicyclic) bond motifs is 1. The molecule has 2 aliphatic rings. The Morgan fingerprint density at radius 2 is 1.50 bits per heavy atom. The molecule has 0 radical (unpaired) electrons. The van der Waals surface area contributed by atoms with Gasteiger partial charge in [-0.05, 0) is 18.9 Å². The van der Waals surface area contributed by atoms with Gasteiger partial charge in [0, 0.05) is 11.6 Å². The average molecular weight is 433 g/mol. The molecule has 1 aliphatic carbocycles. The zero-order valence-corrected chi connectivity index (χ0v) is 16.9. The Bertz CT molecular complexity index is 1120. The van der Waals surface area contributed by atoms with Crippen LogP contribution in [0, 0.1) is 22.0 Å². The minimum atomic E-state index is -0.963. The number of carbonyl (C=O) groups is 4. The Kier molecular flexibility index (Phi) is 5.63. The van der Waals surface area contributed by atoms with Gasteiger partial charge in [-0.3, -0.25) is 29.3 Å². The van der Waals surface area contributed by atoms with Gasteiger partial charge in [0.1, 0.15) is 12.1 Å². The molecule has 162 valence electrons. The Morgan fingerprint density at radius 1 is 0.938 bits per heavy atom. The highest BCUT2D eigenvalue weighted by molar-refractivity contribution is 6.10. The van der Waals surface area contributed by atoms with Gasteiger partial charge < -0.3 is 0 Å². The third-order valence-corrected chi connectivity index (χ3v) is 5.68. The summed E-state index contributed by atoms with van der Waals surface area (Å²) in [6, 6.07) is 13.3. The largest absolute Gasteiger partial charge is 0.292 e. The molecule has 32 heavy (non-hydrogen) atoms. The lowest BCUT2D eigenvalue weighted by atomic mass is 9.85. The van der Waals surface area contributed by atoms with Crippen LogP contribution < -0.4 is 0 Å². The van der Waals surface area contributed by atoms with Gasteiger partial charge in [-0.25, -0.2) is 5.01 Å². The van der Waals surface area contributed by atoms with Crippen LogP contribution in [0.1, 0.15) is 33.6 Å². The molecular formula is C23H19N3O6. The van der Waals surface area contributed by atoms with Crippen molar-refractivity contribution in [3.05, 3.63) is 88.0 Å². The zero-order valence-electron chi connectivity index (χ0n) is 16.9. The second-order valence-electron chi connectivity index (χ2n) is 7.57. The molecule has 1 heterocycles. The van der Waals surface area contributed by atoms with Crippen molar-refractivity contribution < 1.29 is 24.1 Å². The molecule has 2 aromatic carbocycles. The summed E-state index contributed by atoms with van der Waals surface area (Å²) in [6.45, 7) is -0.612. The van der Waals surface area contributed by atoms with Gasteiger partial charge in [-0.1, -0.05) is 54.6 Å². The highest BCUT2D eigenvalue weighted by atomic mass is 16.6. The zero-order chi connectivity index (χ0) is 22.8. The van der Waals surface area contributed by atoms with Crippen molar-refractivity contribution in [2.24, 2.45) is 11.8 Å². The Morgan fingerprint density at radius 3 is 2.09 bits per heavy atom. The van der Waals surface area contributed by atoms with E-state index in [4.69, 9.17) is 0 Å². The molecular weight excluding hydrogens is 414 g/mol. The summed E-state index contributed by atoms with van der Waals surface area (Å²) in [5, 5.41) is 12.9. The second kappa shape index (κ2) is 8.54. The lowest BCUT2D eigenvalue weighted by molar-refractivity contribution is -0.385. The number of imide groups is 1. The summed E-state index contributed by atoms with van der Waals surface area (Å²) in [4.78, 5) is 63.3. The second-order valence-corrected chi connectivity index (χ2v) is 7.57. The summed E-state index contributed by atoms with van der Waals surface area (Å²) in [5.41, 5.74) is -0.508. The first-order valence-corrected chi connectivity index (χ1v) is 10.1. The lowest BCUT2D eigenvalue weighted by Crippen LogP contribution is -2.52. The van der Waals surface area contributed by atoms with Crippen molar-refractivity contribution in [1.29, 1.82) is 0 Å². The van der Waals surface area contributed by atoms with Gasteiger partial charge >= 0.3 is 0 Å². The predicted molar refractivity (Wildman–Crippen MR) is 112 cm³/mol. The average Bonchev–Trinajstić information content (AvgIpc) is 3.07. The molecule has 2 aromatic rings.